The van der Waals surface area contributed by atoms with Crippen molar-refractivity contribution >= 4 is 28.1 Å². The number of carbonyl (C=O) groups excluding carboxylic acids is 1. The number of urea groups is 1. The minimum Gasteiger partial charge on any atom is -0.377 e. The average molecular weight is 504 g/mol. The first kappa shape index (κ1) is 25.7. The molecule has 4 N–H and O–H groups in total. The summed E-state index contributed by atoms with van der Waals surface area (Å²) >= 11 is 0. The van der Waals surface area contributed by atoms with Gasteiger partial charge in [-0.1, -0.05) is 0 Å². The molecule has 1 atom stereocenters. The van der Waals surface area contributed by atoms with Crippen LogP contribution < -0.4 is 15.5 Å². The van der Waals surface area contributed by atoms with Gasteiger partial charge in [-0.2, -0.15) is 10.6 Å². The molecule has 0 unspecified atom stereocenters. The molecule has 0 radical (unpaired) electrons. The van der Waals surface area contributed by atoms with Crippen molar-refractivity contribution in [2.75, 3.05) is 30.0 Å². The highest BCUT2D eigenvalue weighted by Gasteiger charge is 2.57. The zero-order valence-corrected chi connectivity index (χ0v) is 21.9. The molecule has 1 saturated heterocycles. The number of ether oxygens (including phenoxy) is 1. The summed E-state index contributed by atoms with van der Waals surface area (Å²) in [5.41, 5.74) is 2.14. The Labute approximate surface area is 209 Å². The van der Waals surface area contributed by atoms with Crippen molar-refractivity contribution in [3.8, 4) is 11.4 Å². The largest absolute Gasteiger partial charge is 0.377 e. The van der Waals surface area contributed by atoms with E-state index in [0.717, 1.165) is 11.4 Å². The summed E-state index contributed by atoms with van der Waals surface area (Å²) in [5, 5.41) is 5.36. The normalized spacial score (nSPS) is 20.1. The summed E-state index contributed by atoms with van der Waals surface area (Å²) in [6, 6.07) is 9.23. The number of morpholine rings is 1. The second kappa shape index (κ2) is 9.93. The van der Waals surface area contributed by atoms with Crippen molar-refractivity contribution in [2.24, 2.45) is 0 Å². The third kappa shape index (κ3) is 5.25. The third-order valence-corrected chi connectivity index (χ3v) is 9.68. The van der Waals surface area contributed by atoms with Gasteiger partial charge < -0.3 is 20.3 Å². The molecule has 1 aliphatic heterocycles. The molecule has 192 valence electrons. The summed E-state index contributed by atoms with van der Waals surface area (Å²) in [4.78, 5) is 24.0. The monoisotopic (exact) mass is 503 g/mol. The number of amides is 2. The molecule has 2 aromatic rings. The Hall–Kier alpha value is -2.40. The highest BCUT2D eigenvalue weighted by molar-refractivity contribution is 8.25. The van der Waals surface area contributed by atoms with E-state index in [-0.39, 0.29) is 23.4 Å². The molecular weight excluding hydrogens is 466 g/mol. The van der Waals surface area contributed by atoms with Crippen LogP contribution in [0.15, 0.2) is 30.3 Å². The number of benzene rings is 1. The maximum Gasteiger partial charge on any atom is 0.319 e. The standard InChI is InChI=1S/C25H37N5O4S/c1-16(2)26-24(31)27-20-8-6-19(7-9-20)23-28-21(25(10-11-25)35(32,33)17(3)4)14-22(29-23)30-12-13-34-15-18(30)5/h6-9,14,16-18,32-33H,10-13,15H2,1-5H3,(H2,26,27,31)/t18-/m0/s1. The molecular formula is C25H37N5O4S. The summed E-state index contributed by atoms with van der Waals surface area (Å²) in [5.74, 6) is 1.30. The van der Waals surface area contributed by atoms with Gasteiger partial charge in [0.15, 0.2) is 5.82 Å². The first-order valence-electron chi connectivity index (χ1n) is 12.2. The zero-order chi connectivity index (χ0) is 25.4. The fourth-order valence-electron chi connectivity index (χ4n) is 4.42. The molecule has 2 heterocycles. The number of hydrogen-bond donors (Lipinski definition) is 4. The molecule has 1 aromatic heterocycles. The maximum absolute atomic E-state index is 12.0. The minimum absolute atomic E-state index is 0.0410. The lowest BCUT2D eigenvalue weighted by atomic mass is 10.1. The Morgan fingerprint density at radius 2 is 1.86 bits per heavy atom. The number of aromatic nitrogens is 2. The lowest BCUT2D eigenvalue weighted by molar-refractivity contribution is 0.0985. The quantitative estimate of drug-likeness (QED) is 0.417. The van der Waals surface area contributed by atoms with Crippen LogP contribution in [-0.4, -0.2) is 62.2 Å². The van der Waals surface area contributed by atoms with E-state index in [1.54, 1.807) is 0 Å². The molecule has 4 rings (SSSR count). The number of rotatable bonds is 7. The van der Waals surface area contributed by atoms with E-state index in [4.69, 9.17) is 14.7 Å². The molecule has 0 spiro atoms. The molecule has 9 nitrogen and oxygen atoms in total. The van der Waals surface area contributed by atoms with Crippen LogP contribution in [0, 0.1) is 0 Å². The highest BCUT2D eigenvalue weighted by Crippen LogP contribution is 2.73. The van der Waals surface area contributed by atoms with Crippen molar-refractivity contribution in [1.82, 2.24) is 15.3 Å². The van der Waals surface area contributed by atoms with Crippen LogP contribution in [0.1, 0.15) is 53.2 Å². The van der Waals surface area contributed by atoms with Crippen molar-refractivity contribution in [1.29, 1.82) is 0 Å². The van der Waals surface area contributed by atoms with Gasteiger partial charge in [-0.3, -0.25) is 9.11 Å². The molecule has 1 aromatic carbocycles. The lowest BCUT2D eigenvalue weighted by Gasteiger charge is -2.44. The molecule has 1 saturated carbocycles. The Morgan fingerprint density at radius 3 is 2.43 bits per heavy atom. The molecule has 1 aliphatic carbocycles. The predicted molar refractivity (Wildman–Crippen MR) is 141 cm³/mol. The van der Waals surface area contributed by atoms with Crippen LogP contribution in [0.3, 0.4) is 0 Å². The third-order valence-electron chi connectivity index (χ3n) is 6.60. The van der Waals surface area contributed by atoms with Gasteiger partial charge in [0.1, 0.15) is 10.6 Å². The van der Waals surface area contributed by atoms with Crippen LogP contribution in [0.25, 0.3) is 11.4 Å². The summed E-state index contributed by atoms with van der Waals surface area (Å²) in [6.07, 6.45) is 1.38. The van der Waals surface area contributed by atoms with Crippen LogP contribution in [0.5, 0.6) is 0 Å². The van der Waals surface area contributed by atoms with Crippen molar-refractivity contribution < 1.29 is 18.6 Å². The first-order chi connectivity index (χ1) is 16.5. The van der Waals surface area contributed by atoms with Gasteiger partial charge in [0, 0.05) is 35.2 Å². The van der Waals surface area contributed by atoms with Gasteiger partial charge in [-0.25, -0.2) is 14.8 Å². The SMILES string of the molecule is CC(C)NC(=O)Nc1ccc(-c2nc(N3CCOC[C@@H]3C)cc(C3(S(O)(O)C(C)C)CC3)n2)cc1. The van der Waals surface area contributed by atoms with Crippen molar-refractivity contribution in [2.45, 2.75) is 69.5 Å². The smallest absolute Gasteiger partial charge is 0.319 e. The second-order valence-corrected chi connectivity index (χ2v) is 12.9. The van der Waals surface area contributed by atoms with Crippen LogP contribution in [-0.2, 0) is 9.48 Å². The topological polar surface area (TPSA) is 120 Å². The van der Waals surface area contributed by atoms with Gasteiger partial charge in [0.25, 0.3) is 0 Å². The number of carbonyl (C=O) groups is 1. The highest BCUT2D eigenvalue weighted by atomic mass is 32.3. The Kier molecular flexibility index (Phi) is 7.28. The maximum atomic E-state index is 12.0. The minimum atomic E-state index is -2.90. The van der Waals surface area contributed by atoms with Gasteiger partial charge in [0.05, 0.1) is 24.9 Å². The molecule has 2 amide bonds. The number of anilines is 2. The number of hydrogen-bond acceptors (Lipinski definition) is 7. The molecule has 0 bridgehead atoms. The molecule has 2 fully saturated rings. The summed E-state index contributed by atoms with van der Waals surface area (Å²) in [7, 11) is -2.90. The second-order valence-electron chi connectivity index (χ2n) is 10.0. The lowest BCUT2D eigenvalue weighted by Crippen LogP contribution is -2.44. The fourth-order valence-corrected chi connectivity index (χ4v) is 6.44. The number of nitrogens with zero attached hydrogens (tertiary/aromatic N) is 3. The molecule has 2 aliphatic rings. The first-order valence-corrected chi connectivity index (χ1v) is 13.8. The van der Waals surface area contributed by atoms with E-state index in [0.29, 0.717) is 49.8 Å². The number of nitrogens with one attached hydrogen (secondary N) is 2. The van der Waals surface area contributed by atoms with Crippen molar-refractivity contribution in [3.63, 3.8) is 0 Å². The molecule has 10 heteroatoms. The van der Waals surface area contributed by atoms with Gasteiger partial charge >= 0.3 is 6.03 Å². The molecule has 35 heavy (non-hydrogen) atoms. The van der Waals surface area contributed by atoms with Gasteiger partial charge in [-0.05, 0) is 71.7 Å². The fraction of sp³-hybridized carbons (Fsp3) is 0.560. The van der Waals surface area contributed by atoms with E-state index >= 15 is 0 Å². The van der Waals surface area contributed by atoms with E-state index in [1.165, 1.54) is 0 Å². The van der Waals surface area contributed by atoms with Crippen LogP contribution >= 0.6 is 10.6 Å². The summed E-state index contributed by atoms with van der Waals surface area (Å²) in [6.45, 7) is 11.5. The van der Waals surface area contributed by atoms with E-state index in [1.807, 2.05) is 58.0 Å². The predicted octanol–water partition coefficient (Wildman–Crippen LogP) is 5.05. The Morgan fingerprint density at radius 1 is 1.17 bits per heavy atom. The van der Waals surface area contributed by atoms with Crippen LogP contribution in [0.2, 0.25) is 0 Å². The van der Waals surface area contributed by atoms with E-state index in [9.17, 15) is 13.9 Å². The Balaban J connectivity index is 1.71. The summed E-state index contributed by atoms with van der Waals surface area (Å²) < 4.78 is 27.1. The zero-order valence-electron chi connectivity index (χ0n) is 21.1. The van der Waals surface area contributed by atoms with Gasteiger partial charge in [-0.15, -0.1) is 0 Å². The van der Waals surface area contributed by atoms with Crippen molar-refractivity contribution in [3.05, 3.63) is 36.0 Å². The van der Waals surface area contributed by atoms with Gasteiger partial charge in [0.2, 0.25) is 0 Å². The average Bonchev–Trinajstić information content (AvgIpc) is 3.62. The Bertz CT molecular complexity index is 1060. The van der Waals surface area contributed by atoms with E-state index in [2.05, 4.69) is 22.5 Å². The van der Waals surface area contributed by atoms with E-state index < -0.39 is 15.3 Å². The van der Waals surface area contributed by atoms with Crippen LogP contribution in [0.4, 0.5) is 16.3 Å².